The van der Waals surface area contributed by atoms with Crippen molar-refractivity contribution in [2.24, 2.45) is 0 Å². The number of rotatable bonds is 3. The molecule has 0 aliphatic carbocycles. The standard InChI is InChI=1S/C11H15NO3S/c1-7-5-9(14-3)10(15-4)6-8(7)12(2)11(13)16/h5-6H,1-4H3,(H,13,16). The van der Waals surface area contributed by atoms with Crippen LogP contribution in [0.1, 0.15) is 5.56 Å². The minimum absolute atomic E-state index is 0.324. The van der Waals surface area contributed by atoms with Gasteiger partial charge in [0.15, 0.2) is 11.5 Å². The number of thiol groups is 1. The molecular weight excluding hydrogens is 226 g/mol. The average Bonchev–Trinajstić information content (AvgIpc) is 2.27. The molecule has 0 saturated heterocycles. The van der Waals surface area contributed by atoms with Crippen LogP contribution in [-0.4, -0.2) is 26.5 Å². The van der Waals surface area contributed by atoms with Crippen LogP contribution in [0.5, 0.6) is 11.5 Å². The van der Waals surface area contributed by atoms with E-state index >= 15 is 0 Å². The van der Waals surface area contributed by atoms with E-state index in [2.05, 4.69) is 12.6 Å². The second-order valence-electron chi connectivity index (χ2n) is 3.34. The lowest BCUT2D eigenvalue weighted by atomic mass is 10.1. The fourth-order valence-corrected chi connectivity index (χ4v) is 1.54. The maximum atomic E-state index is 11.2. The summed E-state index contributed by atoms with van der Waals surface area (Å²) in [7, 11) is 4.79. The van der Waals surface area contributed by atoms with Crippen LogP contribution in [-0.2, 0) is 0 Å². The van der Waals surface area contributed by atoms with Gasteiger partial charge in [0.05, 0.1) is 19.9 Å². The molecule has 0 fully saturated rings. The van der Waals surface area contributed by atoms with Crippen LogP contribution < -0.4 is 14.4 Å². The number of carbonyl (C=O) groups excluding carboxylic acids is 1. The quantitative estimate of drug-likeness (QED) is 0.826. The molecule has 0 radical (unpaired) electrons. The third kappa shape index (κ3) is 2.41. The SMILES string of the molecule is COc1cc(C)c(N(C)C(=O)S)cc1OC. The lowest BCUT2D eigenvalue weighted by Gasteiger charge is -2.19. The summed E-state index contributed by atoms with van der Waals surface area (Å²) in [5, 5.41) is -0.324. The van der Waals surface area contributed by atoms with E-state index in [1.54, 1.807) is 27.3 Å². The molecule has 0 atom stereocenters. The van der Waals surface area contributed by atoms with Gasteiger partial charge < -0.3 is 14.4 Å². The van der Waals surface area contributed by atoms with E-state index in [1.807, 2.05) is 13.0 Å². The number of hydrogen-bond donors (Lipinski definition) is 1. The summed E-state index contributed by atoms with van der Waals surface area (Å²) in [6.07, 6.45) is 0. The smallest absolute Gasteiger partial charge is 0.282 e. The van der Waals surface area contributed by atoms with Crippen LogP contribution >= 0.6 is 12.6 Å². The van der Waals surface area contributed by atoms with Crippen LogP contribution in [0.2, 0.25) is 0 Å². The molecule has 0 N–H and O–H groups in total. The zero-order valence-electron chi connectivity index (χ0n) is 9.77. The highest BCUT2D eigenvalue weighted by molar-refractivity contribution is 7.96. The number of ether oxygens (including phenoxy) is 2. The Balaban J connectivity index is 3.26. The van der Waals surface area contributed by atoms with E-state index in [9.17, 15) is 4.79 Å². The first-order valence-corrected chi connectivity index (χ1v) is 5.15. The van der Waals surface area contributed by atoms with Crippen LogP contribution in [0.15, 0.2) is 12.1 Å². The molecular formula is C11H15NO3S. The normalized spacial score (nSPS) is 9.81. The second-order valence-corrected chi connectivity index (χ2v) is 3.72. The fraction of sp³-hybridized carbons (Fsp3) is 0.364. The van der Waals surface area contributed by atoms with Crippen molar-refractivity contribution in [3.05, 3.63) is 17.7 Å². The Labute approximate surface area is 101 Å². The van der Waals surface area contributed by atoms with Gasteiger partial charge in [0, 0.05) is 13.1 Å². The summed E-state index contributed by atoms with van der Waals surface area (Å²) in [6.45, 7) is 1.89. The van der Waals surface area contributed by atoms with E-state index in [-0.39, 0.29) is 5.24 Å². The summed E-state index contributed by atoms with van der Waals surface area (Å²) in [4.78, 5) is 12.6. The molecule has 1 rings (SSSR count). The van der Waals surface area contributed by atoms with Crippen molar-refractivity contribution in [2.75, 3.05) is 26.2 Å². The average molecular weight is 241 g/mol. The number of aryl methyl sites for hydroxylation is 1. The van der Waals surface area contributed by atoms with Crippen molar-refractivity contribution in [2.45, 2.75) is 6.92 Å². The van der Waals surface area contributed by atoms with Crippen LogP contribution in [0.3, 0.4) is 0 Å². The Kier molecular flexibility index (Phi) is 4.06. The number of amides is 1. The molecule has 16 heavy (non-hydrogen) atoms. The second kappa shape index (κ2) is 5.12. The molecule has 0 aromatic heterocycles. The van der Waals surface area contributed by atoms with Gasteiger partial charge in [0.25, 0.3) is 5.24 Å². The maximum Gasteiger partial charge on any atom is 0.282 e. The van der Waals surface area contributed by atoms with Crippen LogP contribution in [0.4, 0.5) is 10.5 Å². The van der Waals surface area contributed by atoms with Crippen molar-refractivity contribution < 1.29 is 14.3 Å². The van der Waals surface area contributed by atoms with Crippen molar-refractivity contribution in [1.82, 2.24) is 0 Å². The van der Waals surface area contributed by atoms with Gasteiger partial charge in [-0.2, -0.15) is 0 Å². The van der Waals surface area contributed by atoms with Gasteiger partial charge in [-0.15, -0.1) is 0 Å². The Morgan fingerprint density at radius 2 is 1.75 bits per heavy atom. The minimum atomic E-state index is -0.324. The molecule has 0 bridgehead atoms. The molecule has 0 saturated carbocycles. The maximum absolute atomic E-state index is 11.2. The van der Waals surface area contributed by atoms with Crippen molar-refractivity contribution >= 4 is 23.6 Å². The van der Waals surface area contributed by atoms with E-state index < -0.39 is 0 Å². The summed E-state index contributed by atoms with van der Waals surface area (Å²) in [5.74, 6) is 1.23. The van der Waals surface area contributed by atoms with E-state index in [1.165, 1.54) is 4.90 Å². The Bertz CT molecular complexity index is 406. The fourth-order valence-electron chi connectivity index (χ4n) is 1.43. The van der Waals surface area contributed by atoms with Gasteiger partial charge in [0.2, 0.25) is 0 Å². The summed E-state index contributed by atoms with van der Waals surface area (Å²) in [5.41, 5.74) is 1.67. The highest BCUT2D eigenvalue weighted by Gasteiger charge is 2.14. The number of benzene rings is 1. The summed E-state index contributed by atoms with van der Waals surface area (Å²) < 4.78 is 10.3. The third-order valence-corrected chi connectivity index (χ3v) is 2.65. The topological polar surface area (TPSA) is 38.8 Å². The molecule has 0 aliphatic rings. The first-order valence-electron chi connectivity index (χ1n) is 4.70. The van der Waals surface area contributed by atoms with E-state index in [0.717, 1.165) is 11.3 Å². The molecule has 0 unspecified atom stereocenters. The van der Waals surface area contributed by atoms with Gasteiger partial charge in [-0.3, -0.25) is 4.79 Å². The molecule has 1 aromatic rings. The minimum Gasteiger partial charge on any atom is -0.493 e. The molecule has 1 aromatic carbocycles. The zero-order chi connectivity index (χ0) is 12.3. The number of methoxy groups -OCH3 is 2. The molecule has 4 nitrogen and oxygen atoms in total. The molecule has 0 spiro atoms. The Morgan fingerprint density at radius 1 is 1.25 bits per heavy atom. The lowest BCUT2D eigenvalue weighted by Crippen LogP contribution is -2.20. The molecule has 5 heteroatoms. The summed E-state index contributed by atoms with van der Waals surface area (Å²) in [6, 6.07) is 3.57. The van der Waals surface area contributed by atoms with Crippen molar-refractivity contribution in [1.29, 1.82) is 0 Å². The highest BCUT2D eigenvalue weighted by atomic mass is 32.1. The van der Waals surface area contributed by atoms with Gasteiger partial charge >= 0.3 is 0 Å². The van der Waals surface area contributed by atoms with Crippen molar-refractivity contribution in [3.8, 4) is 11.5 Å². The van der Waals surface area contributed by atoms with Gasteiger partial charge in [-0.1, -0.05) is 12.6 Å². The predicted octanol–water partition coefficient (Wildman–Crippen LogP) is 2.50. The monoisotopic (exact) mass is 241 g/mol. The first-order chi connectivity index (χ1) is 7.51. The van der Waals surface area contributed by atoms with Crippen LogP contribution in [0, 0.1) is 6.92 Å². The van der Waals surface area contributed by atoms with Gasteiger partial charge in [0.1, 0.15) is 0 Å². The van der Waals surface area contributed by atoms with Crippen molar-refractivity contribution in [3.63, 3.8) is 0 Å². The van der Waals surface area contributed by atoms with Crippen LogP contribution in [0.25, 0.3) is 0 Å². The molecule has 1 amide bonds. The molecule has 0 aliphatic heterocycles. The lowest BCUT2D eigenvalue weighted by molar-refractivity contribution is 0.266. The predicted molar refractivity (Wildman–Crippen MR) is 67.1 cm³/mol. The number of nitrogens with zero attached hydrogens (tertiary/aromatic N) is 1. The van der Waals surface area contributed by atoms with E-state index in [4.69, 9.17) is 9.47 Å². The zero-order valence-corrected chi connectivity index (χ0v) is 10.7. The van der Waals surface area contributed by atoms with Gasteiger partial charge in [-0.25, -0.2) is 0 Å². The number of anilines is 1. The molecule has 0 heterocycles. The third-order valence-electron chi connectivity index (χ3n) is 2.35. The summed E-state index contributed by atoms with van der Waals surface area (Å²) >= 11 is 3.78. The largest absolute Gasteiger partial charge is 0.493 e. The van der Waals surface area contributed by atoms with E-state index in [0.29, 0.717) is 11.5 Å². The molecule has 88 valence electrons. The number of carbonyl (C=O) groups is 1. The Morgan fingerprint density at radius 3 is 2.19 bits per heavy atom. The highest BCUT2D eigenvalue weighted by Crippen LogP contribution is 2.34. The van der Waals surface area contributed by atoms with Gasteiger partial charge in [-0.05, 0) is 18.6 Å². The Hall–Kier alpha value is -1.36. The number of hydrogen-bond acceptors (Lipinski definition) is 3. The first kappa shape index (κ1) is 12.7.